The second-order valence-electron chi connectivity index (χ2n) is 7.79. The molecule has 0 bridgehead atoms. The first-order valence-electron chi connectivity index (χ1n) is 8.49. The number of fused-ring (bicyclic) bond motifs is 1. The van der Waals surface area contributed by atoms with E-state index in [1.807, 2.05) is 75.1 Å². The van der Waals surface area contributed by atoms with Crippen LogP contribution in [-0.4, -0.2) is 33.3 Å². The summed E-state index contributed by atoms with van der Waals surface area (Å²) in [7, 11) is 0. The van der Waals surface area contributed by atoms with Crippen molar-refractivity contribution in [2.75, 3.05) is 4.90 Å². The Balaban J connectivity index is 2.19. The predicted octanol–water partition coefficient (Wildman–Crippen LogP) is 4.37. The number of nitrogens with zero attached hydrogens (tertiary/aromatic N) is 2. The predicted molar refractivity (Wildman–Crippen MR) is 98.1 cm³/mol. The minimum Gasteiger partial charge on any atom is -0.371 e. The highest BCUT2D eigenvalue weighted by Crippen LogP contribution is 2.41. The van der Waals surface area contributed by atoms with E-state index in [1.165, 1.54) is 0 Å². The van der Waals surface area contributed by atoms with E-state index < -0.39 is 11.3 Å². The summed E-state index contributed by atoms with van der Waals surface area (Å²) in [6, 6.07) is 13.7. The SMILES string of the molecule is CC(C)N1C(=O)N(c2cccc3ccccc23)[C@](C)(O)CC1(C)C. The number of anilines is 1. The van der Waals surface area contributed by atoms with E-state index in [0.29, 0.717) is 6.42 Å². The molecule has 128 valence electrons. The highest BCUT2D eigenvalue weighted by atomic mass is 16.3. The lowest BCUT2D eigenvalue weighted by molar-refractivity contribution is -0.0333. The molecule has 0 spiro atoms. The molecule has 2 aromatic carbocycles. The van der Waals surface area contributed by atoms with Gasteiger partial charge in [0.2, 0.25) is 0 Å². The molecule has 0 unspecified atom stereocenters. The van der Waals surface area contributed by atoms with Crippen LogP contribution in [0.25, 0.3) is 10.8 Å². The van der Waals surface area contributed by atoms with Crippen LogP contribution in [0.15, 0.2) is 42.5 Å². The van der Waals surface area contributed by atoms with Crippen molar-refractivity contribution >= 4 is 22.5 Å². The quantitative estimate of drug-likeness (QED) is 0.890. The van der Waals surface area contributed by atoms with E-state index in [4.69, 9.17) is 0 Å². The van der Waals surface area contributed by atoms with Gasteiger partial charge in [-0.1, -0.05) is 36.4 Å². The Bertz CT molecular complexity index is 775. The molecule has 2 amide bonds. The first kappa shape index (κ1) is 16.8. The van der Waals surface area contributed by atoms with Crippen molar-refractivity contribution in [3.8, 4) is 0 Å². The number of urea groups is 1. The summed E-state index contributed by atoms with van der Waals surface area (Å²) in [6.45, 7) is 9.79. The molecular weight excluding hydrogens is 300 g/mol. The molecule has 0 radical (unpaired) electrons. The highest BCUT2D eigenvalue weighted by Gasteiger charge is 2.51. The molecular formula is C20H26N2O2. The van der Waals surface area contributed by atoms with Crippen LogP contribution in [0.4, 0.5) is 10.5 Å². The third-order valence-electron chi connectivity index (χ3n) is 4.82. The van der Waals surface area contributed by atoms with Crippen LogP contribution >= 0.6 is 0 Å². The fraction of sp³-hybridized carbons (Fsp3) is 0.450. The molecule has 2 aromatic rings. The van der Waals surface area contributed by atoms with Crippen molar-refractivity contribution in [2.24, 2.45) is 0 Å². The van der Waals surface area contributed by atoms with Gasteiger partial charge in [0.25, 0.3) is 0 Å². The molecule has 1 N–H and O–H groups in total. The van der Waals surface area contributed by atoms with E-state index in [0.717, 1.165) is 16.5 Å². The van der Waals surface area contributed by atoms with Gasteiger partial charge in [-0.25, -0.2) is 4.79 Å². The van der Waals surface area contributed by atoms with Crippen molar-refractivity contribution in [2.45, 2.75) is 58.3 Å². The van der Waals surface area contributed by atoms with E-state index >= 15 is 0 Å². The topological polar surface area (TPSA) is 43.8 Å². The Morgan fingerprint density at radius 1 is 1.04 bits per heavy atom. The Morgan fingerprint density at radius 3 is 2.33 bits per heavy atom. The average molecular weight is 326 g/mol. The second kappa shape index (κ2) is 5.49. The highest BCUT2D eigenvalue weighted by molar-refractivity contribution is 6.04. The molecule has 0 aromatic heterocycles. The third kappa shape index (κ3) is 2.55. The normalized spacial score (nSPS) is 24.0. The van der Waals surface area contributed by atoms with Crippen LogP contribution in [0.1, 0.15) is 41.0 Å². The zero-order chi connectivity index (χ0) is 17.7. The molecule has 1 aliphatic heterocycles. The lowest BCUT2D eigenvalue weighted by Gasteiger charge is -2.55. The minimum absolute atomic E-state index is 0.0566. The van der Waals surface area contributed by atoms with Crippen LogP contribution in [0.2, 0.25) is 0 Å². The number of carbonyl (C=O) groups excluding carboxylic acids is 1. The lowest BCUT2D eigenvalue weighted by Crippen LogP contribution is -2.69. The number of hydrogen-bond acceptors (Lipinski definition) is 2. The van der Waals surface area contributed by atoms with Gasteiger partial charge in [0.1, 0.15) is 5.72 Å². The molecule has 1 heterocycles. The van der Waals surface area contributed by atoms with Crippen molar-refractivity contribution < 1.29 is 9.90 Å². The monoisotopic (exact) mass is 326 g/mol. The number of hydrogen-bond donors (Lipinski definition) is 1. The summed E-state index contributed by atoms with van der Waals surface area (Å²) in [4.78, 5) is 16.8. The molecule has 0 aliphatic carbocycles. The summed E-state index contributed by atoms with van der Waals surface area (Å²) in [5.74, 6) is 0. The number of amides is 2. The van der Waals surface area contributed by atoms with Crippen LogP contribution in [0, 0.1) is 0 Å². The molecule has 1 atom stereocenters. The first-order chi connectivity index (χ1) is 11.1. The molecule has 4 nitrogen and oxygen atoms in total. The van der Waals surface area contributed by atoms with Crippen molar-refractivity contribution in [1.29, 1.82) is 0 Å². The van der Waals surface area contributed by atoms with Gasteiger partial charge in [-0.2, -0.15) is 0 Å². The zero-order valence-electron chi connectivity index (χ0n) is 15.1. The Hall–Kier alpha value is -2.07. The molecule has 1 fully saturated rings. The van der Waals surface area contributed by atoms with Gasteiger partial charge in [0.05, 0.1) is 5.69 Å². The standard InChI is InChI=1S/C20H26N2O2/c1-14(2)21-18(23)22(20(5,24)13-19(21,3)4)17-12-8-10-15-9-6-7-11-16(15)17/h6-12,14,24H,13H2,1-5H3/t20-/m1/s1. The second-order valence-corrected chi connectivity index (χ2v) is 7.79. The van der Waals surface area contributed by atoms with Crippen molar-refractivity contribution in [1.82, 2.24) is 4.90 Å². The Kier molecular flexibility index (Phi) is 3.83. The van der Waals surface area contributed by atoms with Crippen molar-refractivity contribution in [3.05, 3.63) is 42.5 Å². The molecule has 0 saturated carbocycles. The molecule has 3 rings (SSSR count). The lowest BCUT2D eigenvalue weighted by atomic mass is 9.86. The Morgan fingerprint density at radius 2 is 1.67 bits per heavy atom. The van der Waals surface area contributed by atoms with Gasteiger partial charge in [0.15, 0.2) is 0 Å². The molecule has 24 heavy (non-hydrogen) atoms. The van der Waals surface area contributed by atoms with Crippen LogP contribution in [-0.2, 0) is 0 Å². The Labute approximate surface area is 143 Å². The van der Waals surface area contributed by atoms with Crippen LogP contribution in [0.5, 0.6) is 0 Å². The largest absolute Gasteiger partial charge is 0.371 e. The van der Waals surface area contributed by atoms with Gasteiger partial charge in [-0.15, -0.1) is 0 Å². The molecule has 4 heteroatoms. The van der Waals surface area contributed by atoms with Gasteiger partial charge in [-0.3, -0.25) is 4.90 Å². The average Bonchev–Trinajstić information content (AvgIpc) is 2.44. The number of aliphatic hydroxyl groups is 1. The smallest absolute Gasteiger partial charge is 0.327 e. The fourth-order valence-corrected chi connectivity index (χ4v) is 4.24. The maximum atomic E-state index is 13.3. The summed E-state index contributed by atoms with van der Waals surface area (Å²) in [6.07, 6.45) is 0.479. The van der Waals surface area contributed by atoms with E-state index in [2.05, 4.69) is 0 Å². The van der Waals surface area contributed by atoms with Gasteiger partial charge < -0.3 is 10.0 Å². The summed E-state index contributed by atoms with van der Waals surface area (Å²) < 4.78 is 0. The molecule has 1 saturated heterocycles. The summed E-state index contributed by atoms with van der Waals surface area (Å²) in [5, 5.41) is 13.2. The summed E-state index contributed by atoms with van der Waals surface area (Å²) in [5.41, 5.74) is -0.893. The number of benzene rings is 2. The minimum atomic E-state index is -1.24. The summed E-state index contributed by atoms with van der Waals surface area (Å²) >= 11 is 0. The maximum absolute atomic E-state index is 13.3. The van der Waals surface area contributed by atoms with Crippen molar-refractivity contribution in [3.63, 3.8) is 0 Å². The van der Waals surface area contributed by atoms with E-state index in [-0.39, 0.29) is 12.1 Å². The van der Waals surface area contributed by atoms with Crippen LogP contribution < -0.4 is 4.90 Å². The first-order valence-corrected chi connectivity index (χ1v) is 8.49. The molecule has 1 aliphatic rings. The van der Waals surface area contributed by atoms with Gasteiger partial charge >= 0.3 is 6.03 Å². The zero-order valence-corrected chi connectivity index (χ0v) is 15.1. The number of rotatable bonds is 2. The van der Waals surface area contributed by atoms with E-state index in [9.17, 15) is 9.90 Å². The van der Waals surface area contributed by atoms with Gasteiger partial charge in [0, 0.05) is 23.4 Å². The van der Waals surface area contributed by atoms with E-state index in [1.54, 1.807) is 11.8 Å². The van der Waals surface area contributed by atoms with Gasteiger partial charge in [-0.05, 0) is 46.1 Å². The van der Waals surface area contributed by atoms with Crippen LogP contribution in [0.3, 0.4) is 0 Å². The fourth-order valence-electron chi connectivity index (χ4n) is 4.24. The third-order valence-corrected chi connectivity index (χ3v) is 4.82. The number of carbonyl (C=O) groups is 1. The maximum Gasteiger partial charge on any atom is 0.327 e.